The van der Waals surface area contributed by atoms with Crippen molar-refractivity contribution in [2.24, 2.45) is 5.73 Å². The van der Waals surface area contributed by atoms with Crippen molar-refractivity contribution in [3.63, 3.8) is 0 Å². The van der Waals surface area contributed by atoms with E-state index in [1.54, 1.807) is 30.3 Å². The van der Waals surface area contributed by atoms with E-state index in [2.05, 4.69) is 5.32 Å². The van der Waals surface area contributed by atoms with Crippen molar-refractivity contribution in [3.8, 4) is 5.75 Å². The molecule has 0 fully saturated rings. The Morgan fingerprint density at radius 2 is 1.79 bits per heavy atom. The van der Waals surface area contributed by atoms with Crippen molar-refractivity contribution in [1.82, 2.24) is 0 Å². The number of nitrogens with two attached hydrogens (primary N) is 1. The summed E-state index contributed by atoms with van der Waals surface area (Å²) in [4.78, 5) is 22.6. The maximum absolute atomic E-state index is 12.0. The van der Waals surface area contributed by atoms with Gasteiger partial charge in [-0.1, -0.05) is 18.2 Å². The highest BCUT2D eigenvalue weighted by molar-refractivity contribution is 6.02. The molecule has 0 unspecified atom stereocenters. The van der Waals surface area contributed by atoms with E-state index in [1.807, 2.05) is 32.0 Å². The summed E-state index contributed by atoms with van der Waals surface area (Å²) >= 11 is 0. The molecular weight excluding hydrogens is 304 g/mol. The molecule has 5 nitrogen and oxygen atoms in total. The van der Waals surface area contributed by atoms with E-state index in [4.69, 9.17) is 10.5 Å². The van der Waals surface area contributed by atoms with Gasteiger partial charge in [0.1, 0.15) is 5.75 Å². The van der Waals surface area contributed by atoms with E-state index in [0.29, 0.717) is 5.75 Å². The number of hydrogen-bond donors (Lipinski definition) is 2. The van der Waals surface area contributed by atoms with Crippen LogP contribution in [0.1, 0.15) is 16.7 Å². The molecular formula is C19H20N2O3. The maximum Gasteiger partial charge on any atom is 0.255 e. The van der Waals surface area contributed by atoms with Crippen molar-refractivity contribution in [2.45, 2.75) is 13.8 Å². The van der Waals surface area contributed by atoms with Gasteiger partial charge in [-0.2, -0.15) is 0 Å². The SMILES string of the molecule is Cc1ccc(NC(=O)/C=C/c2ccc(OCC(N)=O)cc2)cc1C. The number of benzene rings is 2. The Bertz CT molecular complexity index is 765. The van der Waals surface area contributed by atoms with Gasteiger partial charge in [0, 0.05) is 11.8 Å². The molecule has 0 bridgehead atoms. The highest BCUT2D eigenvalue weighted by atomic mass is 16.5. The summed E-state index contributed by atoms with van der Waals surface area (Å²) in [6, 6.07) is 12.8. The first-order valence-electron chi connectivity index (χ1n) is 7.51. The van der Waals surface area contributed by atoms with Crippen LogP contribution < -0.4 is 15.8 Å². The predicted octanol–water partition coefficient (Wildman–Crippen LogP) is 2.82. The van der Waals surface area contributed by atoms with Crippen LogP contribution in [0.5, 0.6) is 5.75 Å². The first kappa shape index (κ1) is 17.3. The van der Waals surface area contributed by atoms with Gasteiger partial charge in [0.15, 0.2) is 6.61 Å². The van der Waals surface area contributed by atoms with Crippen LogP contribution in [0.15, 0.2) is 48.5 Å². The van der Waals surface area contributed by atoms with Crippen molar-refractivity contribution in [1.29, 1.82) is 0 Å². The summed E-state index contributed by atoms with van der Waals surface area (Å²) in [6.07, 6.45) is 3.17. The molecule has 0 radical (unpaired) electrons. The molecule has 2 rings (SSSR count). The van der Waals surface area contributed by atoms with E-state index >= 15 is 0 Å². The largest absolute Gasteiger partial charge is 0.484 e. The van der Waals surface area contributed by atoms with Crippen LogP contribution in [0.2, 0.25) is 0 Å². The lowest BCUT2D eigenvalue weighted by Crippen LogP contribution is -2.19. The third-order valence-corrected chi connectivity index (χ3v) is 3.46. The second kappa shape index (κ2) is 7.97. The molecule has 0 saturated heterocycles. The number of amides is 2. The number of carbonyl (C=O) groups is 2. The number of ether oxygens (including phenoxy) is 1. The van der Waals surface area contributed by atoms with Crippen LogP contribution in [0.3, 0.4) is 0 Å². The summed E-state index contributed by atoms with van der Waals surface area (Å²) in [5.41, 5.74) is 8.93. The Labute approximate surface area is 141 Å². The number of nitrogens with one attached hydrogen (secondary N) is 1. The zero-order valence-corrected chi connectivity index (χ0v) is 13.7. The molecule has 2 amide bonds. The van der Waals surface area contributed by atoms with Crippen LogP contribution in [-0.4, -0.2) is 18.4 Å². The van der Waals surface area contributed by atoms with E-state index in [1.165, 1.54) is 11.6 Å². The second-order valence-electron chi connectivity index (χ2n) is 5.45. The van der Waals surface area contributed by atoms with Gasteiger partial charge in [0.05, 0.1) is 0 Å². The van der Waals surface area contributed by atoms with Crippen molar-refractivity contribution >= 4 is 23.6 Å². The molecule has 0 atom stereocenters. The molecule has 3 N–H and O–H groups in total. The minimum atomic E-state index is -0.526. The standard InChI is InChI=1S/C19H20N2O3/c1-13-3-7-16(11-14(13)2)21-19(23)10-6-15-4-8-17(9-5-15)24-12-18(20)22/h3-11H,12H2,1-2H3,(H2,20,22)(H,21,23)/b10-6+. The van der Waals surface area contributed by atoms with E-state index in [9.17, 15) is 9.59 Å². The quantitative estimate of drug-likeness (QED) is 0.802. The molecule has 2 aromatic carbocycles. The number of primary amides is 1. The molecule has 0 heterocycles. The molecule has 2 aromatic rings. The number of aryl methyl sites for hydroxylation is 2. The minimum Gasteiger partial charge on any atom is -0.484 e. The molecule has 0 aromatic heterocycles. The molecule has 5 heteroatoms. The Morgan fingerprint density at radius 3 is 2.42 bits per heavy atom. The summed E-state index contributed by atoms with van der Waals surface area (Å²) in [6.45, 7) is 3.87. The molecule has 0 spiro atoms. The van der Waals surface area contributed by atoms with Gasteiger partial charge in [-0.05, 0) is 60.9 Å². The van der Waals surface area contributed by atoms with Crippen molar-refractivity contribution in [3.05, 3.63) is 65.2 Å². The van der Waals surface area contributed by atoms with Crippen LogP contribution in [-0.2, 0) is 9.59 Å². The fraction of sp³-hybridized carbons (Fsp3) is 0.158. The molecule has 0 saturated carbocycles. The lowest BCUT2D eigenvalue weighted by Gasteiger charge is -2.05. The molecule has 0 aliphatic rings. The van der Waals surface area contributed by atoms with E-state index in [0.717, 1.165) is 16.8 Å². The number of carbonyl (C=O) groups excluding carboxylic acids is 2. The van der Waals surface area contributed by atoms with Crippen molar-refractivity contribution < 1.29 is 14.3 Å². The first-order chi connectivity index (χ1) is 11.4. The van der Waals surface area contributed by atoms with Crippen LogP contribution >= 0.6 is 0 Å². The van der Waals surface area contributed by atoms with E-state index in [-0.39, 0.29) is 12.5 Å². The predicted molar refractivity (Wildman–Crippen MR) is 94.7 cm³/mol. The monoisotopic (exact) mass is 324 g/mol. The first-order valence-corrected chi connectivity index (χ1v) is 7.51. The lowest BCUT2D eigenvalue weighted by atomic mass is 10.1. The highest BCUT2D eigenvalue weighted by Gasteiger charge is 2.00. The highest BCUT2D eigenvalue weighted by Crippen LogP contribution is 2.15. The number of rotatable bonds is 6. The fourth-order valence-corrected chi connectivity index (χ4v) is 2.00. The molecule has 0 aliphatic carbocycles. The molecule has 124 valence electrons. The van der Waals surface area contributed by atoms with Crippen LogP contribution in [0.4, 0.5) is 5.69 Å². The van der Waals surface area contributed by atoms with Gasteiger partial charge in [0.2, 0.25) is 5.91 Å². The number of anilines is 1. The number of hydrogen-bond acceptors (Lipinski definition) is 3. The average molecular weight is 324 g/mol. The van der Waals surface area contributed by atoms with Gasteiger partial charge < -0.3 is 15.8 Å². The Kier molecular flexibility index (Phi) is 5.73. The van der Waals surface area contributed by atoms with Crippen molar-refractivity contribution in [2.75, 3.05) is 11.9 Å². The third kappa shape index (κ3) is 5.28. The van der Waals surface area contributed by atoms with Gasteiger partial charge in [-0.25, -0.2) is 0 Å². The Morgan fingerprint density at radius 1 is 1.08 bits per heavy atom. The smallest absolute Gasteiger partial charge is 0.255 e. The third-order valence-electron chi connectivity index (χ3n) is 3.46. The van der Waals surface area contributed by atoms with Crippen LogP contribution in [0, 0.1) is 13.8 Å². The van der Waals surface area contributed by atoms with E-state index < -0.39 is 5.91 Å². The topological polar surface area (TPSA) is 81.4 Å². The summed E-state index contributed by atoms with van der Waals surface area (Å²) < 4.78 is 5.17. The van der Waals surface area contributed by atoms with Gasteiger partial charge in [-0.3, -0.25) is 9.59 Å². The van der Waals surface area contributed by atoms with Crippen LogP contribution in [0.25, 0.3) is 6.08 Å². The minimum absolute atomic E-state index is 0.159. The Hall–Kier alpha value is -3.08. The maximum atomic E-state index is 12.0. The second-order valence-corrected chi connectivity index (χ2v) is 5.45. The molecule has 24 heavy (non-hydrogen) atoms. The normalized spacial score (nSPS) is 10.6. The average Bonchev–Trinajstić information content (AvgIpc) is 2.55. The zero-order valence-electron chi connectivity index (χ0n) is 13.7. The lowest BCUT2D eigenvalue weighted by molar-refractivity contribution is -0.120. The summed E-state index contributed by atoms with van der Waals surface area (Å²) in [5.74, 6) is -0.181. The van der Waals surface area contributed by atoms with Gasteiger partial charge in [0.25, 0.3) is 5.91 Å². The van der Waals surface area contributed by atoms with Gasteiger partial charge >= 0.3 is 0 Å². The fourth-order valence-electron chi connectivity index (χ4n) is 2.00. The molecule has 0 aliphatic heterocycles. The summed E-state index contributed by atoms with van der Waals surface area (Å²) in [5, 5.41) is 2.82. The zero-order chi connectivity index (χ0) is 17.5. The summed E-state index contributed by atoms with van der Waals surface area (Å²) in [7, 11) is 0. The Balaban J connectivity index is 1.93. The van der Waals surface area contributed by atoms with Gasteiger partial charge in [-0.15, -0.1) is 0 Å².